The summed E-state index contributed by atoms with van der Waals surface area (Å²) in [5.74, 6) is -2.31. The Morgan fingerprint density at radius 2 is 1.93 bits per heavy atom. The van der Waals surface area contributed by atoms with Crippen LogP contribution in [0.2, 0.25) is 0 Å². The van der Waals surface area contributed by atoms with Crippen LogP contribution in [-0.4, -0.2) is 72.6 Å². The van der Waals surface area contributed by atoms with Crippen LogP contribution >= 0.6 is 0 Å². The minimum atomic E-state index is -0.914. The van der Waals surface area contributed by atoms with E-state index in [1.165, 1.54) is 0 Å². The van der Waals surface area contributed by atoms with Gasteiger partial charge in [0.05, 0.1) is 17.8 Å². The maximum Gasteiger partial charge on any atom is 0.254 e. The molecule has 1 aromatic rings. The Kier molecular flexibility index (Phi) is 7.18. The molecule has 3 atom stereocenters. The number of amides is 2. The van der Waals surface area contributed by atoms with Crippen LogP contribution in [-0.2, 0) is 9.53 Å². The summed E-state index contributed by atoms with van der Waals surface area (Å²) in [4.78, 5) is 29.0. The molecule has 6 nitrogen and oxygen atoms in total. The highest BCUT2D eigenvalue weighted by Gasteiger charge is 2.32. The van der Waals surface area contributed by atoms with Gasteiger partial charge in [-0.2, -0.15) is 0 Å². The topological polar surface area (TPSA) is 61.9 Å². The maximum absolute atomic E-state index is 13.7. The molecule has 2 aliphatic heterocycles. The van der Waals surface area contributed by atoms with Crippen LogP contribution < -0.4 is 5.32 Å². The van der Waals surface area contributed by atoms with Gasteiger partial charge < -0.3 is 15.0 Å². The van der Waals surface area contributed by atoms with Crippen LogP contribution in [0.1, 0.15) is 43.5 Å². The number of hydrogen-bond donors (Lipinski definition) is 1. The van der Waals surface area contributed by atoms with E-state index >= 15 is 0 Å². The van der Waals surface area contributed by atoms with Crippen molar-refractivity contribution in [3.05, 3.63) is 35.4 Å². The Bertz CT molecular complexity index is 736. The number of benzene rings is 1. The first-order valence-electron chi connectivity index (χ1n) is 10.2. The number of hydrogen-bond acceptors (Lipinski definition) is 4. The number of ether oxygens (including phenoxy) is 1. The van der Waals surface area contributed by atoms with Crippen LogP contribution in [0.15, 0.2) is 18.2 Å². The minimum Gasteiger partial charge on any atom is -0.373 e. The van der Waals surface area contributed by atoms with Crippen molar-refractivity contribution in [1.82, 2.24) is 15.1 Å². The van der Waals surface area contributed by atoms with E-state index in [1.54, 1.807) is 0 Å². The molecule has 0 aliphatic carbocycles. The molecule has 2 saturated heterocycles. The van der Waals surface area contributed by atoms with Crippen molar-refractivity contribution < 1.29 is 23.1 Å². The Morgan fingerprint density at radius 3 is 2.62 bits per heavy atom. The molecule has 3 rings (SSSR count). The van der Waals surface area contributed by atoms with Gasteiger partial charge in [-0.15, -0.1) is 0 Å². The van der Waals surface area contributed by atoms with E-state index in [2.05, 4.69) is 24.1 Å². The zero-order valence-electron chi connectivity index (χ0n) is 17.0. The highest BCUT2D eigenvalue weighted by Crippen LogP contribution is 2.21. The van der Waals surface area contributed by atoms with Gasteiger partial charge in [0.2, 0.25) is 5.91 Å². The molecule has 2 heterocycles. The lowest BCUT2D eigenvalue weighted by molar-refractivity contribution is -0.132. The first-order chi connectivity index (χ1) is 13.8. The Balaban J connectivity index is 1.47. The van der Waals surface area contributed by atoms with Crippen LogP contribution in [0.4, 0.5) is 8.78 Å². The lowest BCUT2D eigenvalue weighted by Gasteiger charge is -2.38. The summed E-state index contributed by atoms with van der Waals surface area (Å²) in [6, 6.07) is 2.97. The van der Waals surface area contributed by atoms with Gasteiger partial charge in [0.25, 0.3) is 5.91 Å². The largest absolute Gasteiger partial charge is 0.373 e. The van der Waals surface area contributed by atoms with E-state index in [9.17, 15) is 18.4 Å². The number of carbonyl (C=O) groups excluding carboxylic acids is 2. The second-order valence-electron chi connectivity index (χ2n) is 7.99. The lowest BCUT2D eigenvalue weighted by Crippen LogP contribution is -2.51. The molecule has 0 radical (unpaired) electrons. The molecule has 0 aromatic heterocycles. The molecule has 1 N–H and O–H groups in total. The predicted octanol–water partition coefficient (Wildman–Crippen LogP) is 2.18. The third-order valence-corrected chi connectivity index (χ3v) is 5.46. The number of nitrogens with zero attached hydrogens (tertiary/aromatic N) is 2. The van der Waals surface area contributed by atoms with Crippen molar-refractivity contribution in [2.24, 2.45) is 0 Å². The molecule has 29 heavy (non-hydrogen) atoms. The second-order valence-corrected chi connectivity index (χ2v) is 7.99. The number of likely N-dealkylation sites (tertiary alicyclic amines) is 1. The van der Waals surface area contributed by atoms with Gasteiger partial charge in [0.1, 0.15) is 11.6 Å². The summed E-state index contributed by atoms with van der Waals surface area (Å²) in [6.07, 6.45) is 2.47. The van der Waals surface area contributed by atoms with E-state index in [1.807, 2.05) is 4.90 Å². The molecule has 0 unspecified atom stereocenters. The van der Waals surface area contributed by atoms with E-state index in [0.717, 1.165) is 51.2 Å². The highest BCUT2D eigenvalue weighted by molar-refractivity contribution is 5.94. The molecule has 0 bridgehead atoms. The van der Waals surface area contributed by atoms with Crippen LogP contribution in [0.25, 0.3) is 0 Å². The number of rotatable bonds is 6. The molecule has 2 aliphatic rings. The van der Waals surface area contributed by atoms with Crippen LogP contribution in [0.3, 0.4) is 0 Å². The summed E-state index contributed by atoms with van der Waals surface area (Å²) < 4.78 is 32.4. The van der Waals surface area contributed by atoms with Gasteiger partial charge in [-0.3, -0.25) is 14.5 Å². The van der Waals surface area contributed by atoms with Crippen molar-refractivity contribution in [3.8, 4) is 0 Å². The number of morpholine rings is 1. The number of halogens is 2. The molecule has 160 valence electrons. The summed E-state index contributed by atoms with van der Waals surface area (Å²) in [5, 5.41) is 2.55. The third-order valence-electron chi connectivity index (χ3n) is 5.46. The lowest BCUT2D eigenvalue weighted by atomic mass is 10.1. The second kappa shape index (κ2) is 9.63. The fourth-order valence-electron chi connectivity index (χ4n) is 4.28. The van der Waals surface area contributed by atoms with Gasteiger partial charge in [0.15, 0.2) is 0 Å². The van der Waals surface area contributed by atoms with E-state index in [-0.39, 0.29) is 42.7 Å². The van der Waals surface area contributed by atoms with Gasteiger partial charge in [-0.1, -0.05) is 0 Å². The minimum absolute atomic E-state index is 0.0123. The molecular weight excluding hydrogens is 380 g/mol. The summed E-state index contributed by atoms with van der Waals surface area (Å²) in [5.41, 5.74) is -0.228. The summed E-state index contributed by atoms with van der Waals surface area (Å²) in [6.45, 7) is 7.52. The smallest absolute Gasteiger partial charge is 0.254 e. The Morgan fingerprint density at radius 1 is 1.21 bits per heavy atom. The van der Waals surface area contributed by atoms with Crippen molar-refractivity contribution >= 4 is 11.8 Å². The molecule has 2 fully saturated rings. The standard InChI is InChI=1S/C21H29F2N3O3/c1-14-11-25(12-15(2)29-14)13-17-4-3-9-26(17)20(27)7-8-24-21(28)18-6-5-16(22)10-19(18)23/h5-6,10,14-15,17H,3-4,7-9,11-13H2,1-2H3,(H,24,28)/t14-,15-,17+/m1/s1. The molecule has 0 spiro atoms. The zero-order chi connectivity index (χ0) is 21.0. The predicted molar refractivity (Wildman–Crippen MR) is 104 cm³/mol. The normalized spacial score (nSPS) is 25.2. The average Bonchev–Trinajstić information content (AvgIpc) is 3.08. The molecule has 2 amide bonds. The first-order valence-corrected chi connectivity index (χ1v) is 10.2. The Labute approximate surface area is 170 Å². The SMILES string of the molecule is C[C@@H]1CN(C[C@@H]2CCCN2C(=O)CCNC(=O)c2ccc(F)cc2F)C[C@@H](C)O1. The summed E-state index contributed by atoms with van der Waals surface area (Å²) >= 11 is 0. The van der Waals surface area contributed by atoms with E-state index in [0.29, 0.717) is 6.07 Å². The molecular formula is C21H29F2N3O3. The monoisotopic (exact) mass is 409 g/mol. The molecule has 8 heteroatoms. The fraction of sp³-hybridized carbons (Fsp3) is 0.619. The zero-order valence-corrected chi connectivity index (χ0v) is 17.0. The average molecular weight is 409 g/mol. The van der Waals surface area contributed by atoms with Crippen molar-refractivity contribution in [2.45, 2.75) is 51.4 Å². The van der Waals surface area contributed by atoms with Crippen molar-refractivity contribution in [1.29, 1.82) is 0 Å². The van der Waals surface area contributed by atoms with E-state index in [4.69, 9.17) is 4.74 Å². The first kappa shape index (κ1) is 21.6. The number of carbonyl (C=O) groups is 2. The third kappa shape index (κ3) is 5.73. The maximum atomic E-state index is 13.7. The Hall–Kier alpha value is -2.06. The molecule has 0 saturated carbocycles. The van der Waals surface area contributed by atoms with Gasteiger partial charge in [-0.25, -0.2) is 8.78 Å². The summed E-state index contributed by atoms with van der Waals surface area (Å²) in [7, 11) is 0. The van der Waals surface area contributed by atoms with Gasteiger partial charge >= 0.3 is 0 Å². The van der Waals surface area contributed by atoms with E-state index < -0.39 is 17.5 Å². The van der Waals surface area contributed by atoms with Crippen LogP contribution in [0.5, 0.6) is 0 Å². The van der Waals surface area contributed by atoms with Crippen LogP contribution in [0, 0.1) is 11.6 Å². The van der Waals surface area contributed by atoms with Crippen molar-refractivity contribution in [2.75, 3.05) is 32.7 Å². The van der Waals surface area contributed by atoms with Gasteiger partial charge in [-0.05, 0) is 38.8 Å². The quantitative estimate of drug-likeness (QED) is 0.783. The van der Waals surface area contributed by atoms with Gasteiger partial charge in [0, 0.05) is 51.3 Å². The van der Waals surface area contributed by atoms with Crippen molar-refractivity contribution in [3.63, 3.8) is 0 Å². The highest BCUT2D eigenvalue weighted by atomic mass is 19.1. The number of nitrogens with one attached hydrogen (secondary N) is 1. The fourth-order valence-corrected chi connectivity index (χ4v) is 4.28. The molecule has 1 aromatic carbocycles.